The van der Waals surface area contributed by atoms with Crippen molar-refractivity contribution in [2.75, 3.05) is 33.2 Å². The Morgan fingerprint density at radius 1 is 0.973 bits per heavy atom. The highest BCUT2D eigenvalue weighted by Gasteiger charge is 2.15. The quantitative estimate of drug-likeness (QED) is 0.233. The van der Waals surface area contributed by atoms with Gasteiger partial charge in [-0.25, -0.2) is 9.82 Å². The SMILES string of the molecule is COc1cc(/C=N/NC(=O)/C(=C/c2ccc(N(C)C)cc2)NC(=O)c2cccc(F)c2)cc(OC)c1O. The number of benzene rings is 3. The molecule has 0 spiro atoms. The predicted molar refractivity (Wildman–Crippen MR) is 140 cm³/mol. The molecule has 10 heteroatoms. The van der Waals surface area contributed by atoms with Crippen molar-refractivity contribution in [3.05, 3.63) is 88.9 Å². The van der Waals surface area contributed by atoms with Gasteiger partial charge in [-0.15, -0.1) is 0 Å². The summed E-state index contributed by atoms with van der Waals surface area (Å²) in [5, 5.41) is 16.5. The van der Waals surface area contributed by atoms with E-state index in [0.717, 1.165) is 11.8 Å². The van der Waals surface area contributed by atoms with Crippen molar-refractivity contribution in [2.24, 2.45) is 5.10 Å². The van der Waals surface area contributed by atoms with Gasteiger partial charge in [0.2, 0.25) is 5.75 Å². The zero-order valence-electron chi connectivity index (χ0n) is 20.8. The summed E-state index contributed by atoms with van der Waals surface area (Å²) < 4.78 is 23.8. The first-order valence-corrected chi connectivity index (χ1v) is 11.1. The van der Waals surface area contributed by atoms with Gasteiger partial charge < -0.3 is 24.8 Å². The molecule has 0 saturated heterocycles. The largest absolute Gasteiger partial charge is 0.502 e. The van der Waals surface area contributed by atoms with Crippen LogP contribution in [0.5, 0.6) is 17.2 Å². The standard InChI is InChI=1S/C27H27FN4O5/c1-32(2)21-10-8-17(9-11-21)12-22(30-26(34)19-6-5-7-20(28)15-19)27(35)31-29-16-18-13-23(36-3)25(33)24(14-18)37-4/h5-16,33H,1-4H3,(H,30,34)(H,31,35)/b22-12-,29-16+. The topological polar surface area (TPSA) is 112 Å². The molecule has 192 valence electrons. The Labute approximate surface area is 213 Å². The number of anilines is 1. The van der Waals surface area contributed by atoms with Crippen LogP contribution in [0.4, 0.5) is 10.1 Å². The van der Waals surface area contributed by atoms with Gasteiger partial charge in [0.25, 0.3) is 11.8 Å². The molecule has 0 aliphatic heterocycles. The van der Waals surface area contributed by atoms with Gasteiger partial charge in [0.05, 0.1) is 20.4 Å². The van der Waals surface area contributed by atoms with E-state index >= 15 is 0 Å². The van der Waals surface area contributed by atoms with Gasteiger partial charge in [-0.3, -0.25) is 9.59 Å². The maximum Gasteiger partial charge on any atom is 0.287 e. The smallest absolute Gasteiger partial charge is 0.287 e. The van der Waals surface area contributed by atoms with Gasteiger partial charge in [-0.2, -0.15) is 5.10 Å². The Hall–Kier alpha value is -4.86. The number of carbonyl (C=O) groups is 2. The second-order valence-corrected chi connectivity index (χ2v) is 7.98. The molecule has 3 N–H and O–H groups in total. The molecule has 3 aromatic carbocycles. The van der Waals surface area contributed by atoms with Gasteiger partial charge in [-0.1, -0.05) is 18.2 Å². The molecule has 0 aromatic heterocycles. The number of halogens is 1. The lowest BCUT2D eigenvalue weighted by atomic mass is 10.1. The van der Waals surface area contributed by atoms with E-state index in [4.69, 9.17) is 9.47 Å². The fourth-order valence-corrected chi connectivity index (χ4v) is 3.23. The molecule has 0 atom stereocenters. The zero-order chi connectivity index (χ0) is 26.9. The lowest BCUT2D eigenvalue weighted by molar-refractivity contribution is -0.117. The second kappa shape index (κ2) is 12.2. The van der Waals surface area contributed by atoms with E-state index in [9.17, 15) is 19.1 Å². The Morgan fingerprint density at radius 2 is 1.62 bits per heavy atom. The Morgan fingerprint density at radius 3 is 2.19 bits per heavy atom. The first-order valence-electron chi connectivity index (χ1n) is 11.1. The number of hydrazone groups is 1. The first-order chi connectivity index (χ1) is 17.7. The lowest BCUT2D eigenvalue weighted by Gasteiger charge is -2.13. The van der Waals surface area contributed by atoms with Crippen LogP contribution in [0.1, 0.15) is 21.5 Å². The molecule has 0 unspecified atom stereocenters. The number of carbonyl (C=O) groups excluding carboxylic acids is 2. The Bertz CT molecular complexity index is 1310. The minimum atomic E-state index is -0.713. The molecule has 37 heavy (non-hydrogen) atoms. The fraction of sp³-hybridized carbons (Fsp3) is 0.148. The van der Waals surface area contributed by atoms with Crippen molar-refractivity contribution >= 4 is 29.8 Å². The molecule has 0 fully saturated rings. The summed E-state index contributed by atoms with van der Waals surface area (Å²) >= 11 is 0. The van der Waals surface area contributed by atoms with Gasteiger partial charge in [0.15, 0.2) is 11.5 Å². The second-order valence-electron chi connectivity index (χ2n) is 7.98. The number of nitrogens with one attached hydrogen (secondary N) is 2. The van der Waals surface area contributed by atoms with Crippen LogP contribution < -0.4 is 25.1 Å². The molecule has 3 rings (SSSR count). The van der Waals surface area contributed by atoms with E-state index < -0.39 is 17.6 Å². The number of phenolic OH excluding ortho intramolecular Hbond substituents is 1. The summed E-state index contributed by atoms with van der Waals surface area (Å²) in [5.74, 6) is -1.80. The summed E-state index contributed by atoms with van der Waals surface area (Å²) in [5.41, 5.74) is 4.38. The summed E-state index contributed by atoms with van der Waals surface area (Å²) in [6.45, 7) is 0. The van der Waals surface area contributed by atoms with Gasteiger partial charge in [-0.05, 0) is 54.1 Å². The van der Waals surface area contributed by atoms with E-state index in [1.165, 1.54) is 56.8 Å². The Balaban J connectivity index is 1.86. The molecule has 0 radical (unpaired) electrons. The number of ether oxygens (including phenoxy) is 2. The third kappa shape index (κ3) is 7.07. The third-order valence-electron chi connectivity index (χ3n) is 5.18. The zero-order valence-corrected chi connectivity index (χ0v) is 20.8. The van der Waals surface area contributed by atoms with E-state index in [-0.39, 0.29) is 28.5 Å². The number of amides is 2. The summed E-state index contributed by atoms with van der Waals surface area (Å²) in [4.78, 5) is 27.6. The lowest BCUT2D eigenvalue weighted by Crippen LogP contribution is -2.32. The number of hydrogen-bond acceptors (Lipinski definition) is 7. The summed E-state index contributed by atoms with van der Waals surface area (Å²) in [6, 6.07) is 15.4. The summed E-state index contributed by atoms with van der Waals surface area (Å²) in [7, 11) is 6.58. The maximum atomic E-state index is 13.6. The predicted octanol–water partition coefficient (Wildman–Crippen LogP) is 3.54. The molecule has 0 aliphatic carbocycles. The molecule has 0 saturated carbocycles. The van der Waals surface area contributed by atoms with Crippen molar-refractivity contribution in [2.45, 2.75) is 0 Å². The van der Waals surface area contributed by atoms with E-state index in [0.29, 0.717) is 11.1 Å². The number of phenols is 1. The molecular weight excluding hydrogens is 479 g/mol. The summed E-state index contributed by atoms with van der Waals surface area (Å²) in [6.07, 6.45) is 2.80. The van der Waals surface area contributed by atoms with Crippen molar-refractivity contribution in [1.29, 1.82) is 0 Å². The van der Waals surface area contributed by atoms with Crippen molar-refractivity contribution in [3.8, 4) is 17.2 Å². The molecule has 0 heterocycles. The highest BCUT2D eigenvalue weighted by Crippen LogP contribution is 2.36. The van der Waals surface area contributed by atoms with Crippen LogP contribution in [0.15, 0.2) is 71.5 Å². The van der Waals surface area contributed by atoms with Gasteiger partial charge >= 0.3 is 0 Å². The number of nitrogens with zero attached hydrogens (tertiary/aromatic N) is 2. The average molecular weight is 507 g/mol. The van der Waals surface area contributed by atoms with E-state index in [2.05, 4.69) is 15.8 Å². The highest BCUT2D eigenvalue weighted by atomic mass is 19.1. The fourth-order valence-electron chi connectivity index (χ4n) is 3.23. The van der Waals surface area contributed by atoms with Crippen LogP contribution in [0.3, 0.4) is 0 Å². The van der Waals surface area contributed by atoms with Crippen molar-refractivity contribution in [1.82, 2.24) is 10.7 Å². The normalized spacial score (nSPS) is 11.2. The minimum absolute atomic E-state index is 0.0495. The monoisotopic (exact) mass is 506 g/mol. The number of rotatable bonds is 9. The number of hydrogen-bond donors (Lipinski definition) is 3. The van der Waals surface area contributed by atoms with Crippen LogP contribution in [0.2, 0.25) is 0 Å². The molecule has 9 nitrogen and oxygen atoms in total. The molecule has 0 bridgehead atoms. The molecule has 2 amide bonds. The van der Waals surface area contributed by atoms with Crippen LogP contribution in [-0.2, 0) is 4.79 Å². The Kier molecular flexibility index (Phi) is 8.82. The van der Waals surface area contributed by atoms with Gasteiger partial charge in [0.1, 0.15) is 11.5 Å². The van der Waals surface area contributed by atoms with E-state index in [1.54, 1.807) is 12.1 Å². The van der Waals surface area contributed by atoms with Crippen molar-refractivity contribution < 1.29 is 28.6 Å². The number of aromatic hydroxyl groups is 1. The molecule has 3 aromatic rings. The average Bonchev–Trinajstić information content (AvgIpc) is 2.89. The molecule has 0 aliphatic rings. The van der Waals surface area contributed by atoms with Gasteiger partial charge in [0, 0.05) is 30.9 Å². The van der Waals surface area contributed by atoms with E-state index in [1.807, 2.05) is 31.1 Å². The van der Waals surface area contributed by atoms with Crippen LogP contribution in [-0.4, -0.2) is 51.5 Å². The number of methoxy groups -OCH3 is 2. The van der Waals surface area contributed by atoms with Crippen LogP contribution >= 0.6 is 0 Å². The van der Waals surface area contributed by atoms with Crippen molar-refractivity contribution in [3.63, 3.8) is 0 Å². The minimum Gasteiger partial charge on any atom is -0.502 e. The van der Waals surface area contributed by atoms with Crippen LogP contribution in [0, 0.1) is 5.82 Å². The highest BCUT2D eigenvalue weighted by molar-refractivity contribution is 6.05. The van der Waals surface area contributed by atoms with Crippen LogP contribution in [0.25, 0.3) is 6.08 Å². The molecular formula is C27H27FN4O5. The first kappa shape index (κ1) is 26.7. The third-order valence-corrected chi connectivity index (χ3v) is 5.18. The maximum absolute atomic E-state index is 13.6.